The normalized spacial score (nSPS) is 11.2. The molecule has 4 aromatic carbocycles. The molecule has 1 atom stereocenters. The number of hydrogen-bond acceptors (Lipinski definition) is 10. The molecule has 0 amide bonds. The van der Waals surface area contributed by atoms with E-state index < -0.39 is 30.0 Å². The number of benzene rings is 4. The van der Waals surface area contributed by atoms with Crippen molar-refractivity contribution in [2.24, 2.45) is 0 Å². The lowest BCUT2D eigenvalue weighted by Crippen LogP contribution is -2.22. The molecule has 0 heterocycles. The molecule has 0 spiro atoms. The third-order valence-electron chi connectivity index (χ3n) is 8.07. The van der Waals surface area contributed by atoms with Gasteiger partial charge in [-0.15, -0.1) is 0 Å². The Bertz CT molecular complexity index is 1730. The molecule has 0 aliphatic heterocycles. The summed E-state index contributed by atoms with van der Waals surface area (Å²) in [6.45, 7) is 6.99. The van der Waals surface area contributed by atoms with E-state index in [1.54, 1.807) is 55.5 Å². The van der Waals surface area contributed by atoms with E-state index in [1.165, 1.54) is 61.4 Å². The lowest BCUT2D eigenvalue weighted by molar-refractivity contribution is 0.00447. The van der Waals surface area contributed by atoms with Crippen molar-refractivity contribution >= 4 is 23.9 Å². The van der Waals surface area contributed by atoms with Crippen LogP contribution in [0.4, 0.5) is 0 Å². The molecule has 10 nitrogen and oxygen atoms in total. The van der Waals surface area contributed by atoms with Gasteiger partial charge in [-0.1, -0.05) is 52.4 Å². The smallest absolute Gasteiger partial charge is 0.343 e. The van der Waals surface area contributed by atoms with Crippen molar-refractivity contribution < 1.29 is 47.6 Å². The van der Waals surface area contributed by atoms with Crippen LogP contribution in [-0.4, -0.2) is 49.8 Å². The van der Waals surface area contributed by atoms with E-state index in [4.69, 9.17) is 28.4 Å². The van der Waals surface area contributed by atoms with Gasteiger partial charge in [0, 0.05) is 0 Å². The van der Waals surface area contributed by atoms with Gasteiger partial charge in [-0.05, 0) is 117 Å². The maximum Gasteiger partial charge on any atom is 0.343 e. The molecule has 10 heteroatoms. The predicted molar refractivity (Wildman–Crippen MR) is 200 cm³/mol. The van der Waals surface area contributed by atoms with Gasteiger partial charge in [0.2, 0.25) is 0 Å². The maximum absolute atomic E-state index is 12.7. The Morgan fingerprint density at radius 2 is 0.811 bits per heavy atom. The highest BCUT2D eigenvalue weighted by Gasteiger charge is 2.17. The summed E-state index contributed by atoms with van der Waals surface area (Å²) in [5.74, 6) is -0.440. The third-order valence-corrected chi connectivity index (χ3v) is 8.07. The lowest BCUT2D eigenvalue weighted by atomic mass is 10.2. The fourth-order valence-electron chi connectivity index (χ4n) is 5.02. The molecule has 53 heavy (non-hydrogen) atoms. The molecule has 4 rings (SSSR count). The van der Waals surface area contributed by atoms with E-state index in [1.807, 2.05) is 0 Å². The fourth-order valence-corrected chi connectivity index (χ4v) is 5.02. The minimum absolute atomic E-state index is 0.182. The van der Waals surface area contributed by atoms with Gasteiger partial charge < -0.3 is 28.4 Å². The largest absolute Gasteiger partial charge is 0.494 e. The summed E-state index contributed by atoms with van der Waals surface area (Å²) >= 11 is 0. The van der Waals surface area contributed by atoms with Crippen molar-refractivity contribution in [1.82, 2.24) is 0 Å². The van der Waals surface area contributed by atoms with Crippen LogP contribution in [0.3, 0.4) is 0 Å². The fraction of sp³-hybridized carbons (Fsp3) is 0.349. The van der Waals surface area contributed by atoms with Crippen LogP contribution in [0.15, 0.2) is 97.1 Å². The van der Waals surface area contributed by atoms with Gasteiger partial charge in [0.15, 0.2) is 0 Å². The second kappa shape index (κ2) is 21.7. The van der Waals surface area contributed by atoms with Crippen LogP contribution in [0.25, 0.3) is 0 Å². The molecule has 0 fully saturated rings. The Labute approximate surface area is 311 Å². The van der Waals surface area contributed by atoms with E-state index in [0.717, 1.165) is 38.5 Å². The van der Waals surface area contributed by atoms with Crippen LogP contribution >= 0.6 is 0 Å². The van der Waals surface area contributed by atoms with Crippen LogP contribution in [0.2, 0.25) is 0 Å². The zero-order chi connectivity index (χ0) is 37.8. The van der Waals surface area contributed by atoms with Gasteiger partial charge >= 0.3 is 23.9 Å². The average molecular weight is 725 g/mol. The maximum atomic E-state index is 12.7. The molecule has 1 unspecified atom stereocenters. The van der Waals surface area contributed by atoms with E-state index in [2.05, 4.69) is 13.8 Å². The molecule has 4 aromatic rings. The SMILES string of the molecule is CCCCCCOc1ccc(C(=O)Oc2ccc(C(=O)OCC(C)OC(=O)c3ccc(OC(=O)c4ccc(OCCCCCC)cc4)cc3)cc2)cc1. The highest BCUT2D eigenvalue weighted by molar-refractivity contribution is 5.93. The van der Waals surface area contributed by atoms with Gasteiger partial charge in [0.25, 0.3) is 0 Å². The van der Waals surface area contributed by atoms with Gasteiger partial charge in [-0.2, -0.15) is 0 Å². The Morgan fingerprint density at radius 3 is 1.21 bits per heavy atom. The van der Waals surface area contributed by atoms with Crippen molar-refractivity contribution in [3.63, 3.8) is 0 Å². The first-order chi connectivity index (χ1) is 25.7. The number of carbonyl (C=O) groups excluding carboxylic acids is 4. The predicted octanol–water partition coefficient (Wildman–Crippen LogP) is 9.45. The van der Waals surface area contributed by atoms with Crippen molar-refractivity contribution in [3.8, 4) is 23.0 Å². The van der Waals surface area contributed by atoms with Crippen molar-refractivity contribution in [1.29, 1.82) is 0 Å². The number of carbonyl (C=O) groups is 4. The minimum atomic E-state index is -0.745. The Balaban J connectivity index is 1.16. The second-order valence-corrected chi connectivity index (χ2v) is 12.5. The van der Waals surface area contributed by atoms with Crippen LogP contribution in [0.5, 0.6) is 23.0 Å². The quantitative estimate of drug-likeness (QED) is 0.0466. The van der Waals surface area contributed by atoms with Gasteiger partial charge in [-0.3, -0.25) is 0 Å². The first kappa shape index (κ1) is 40.1. The summed E-state index contributed by atoms with van der Waals surface area (Å²) in [6.07, 6.45) is 8.16. The molecule has 0 saturated carbocycles. The molecule has 0 aliphatic carbocycles. The van der Waals surface area contributed by atoms with Crippen LogP contribution in [0.1, 0.15) is 114 Å². The third kappa shape index (κ3) is 13.8. The molecule has 0 saturated heterocycles. The summed E-state index contributed by atoms with van der Waals surface area (Å²) in [7, 11) is 0. The Morgan fingerprint density at radius 1 is 0.453 bits per heavy atom. The zero-order valence-corrected chi connectivity index (χ0v) is 30.7. The minimum Gasteiger partial charge on any atom is -0.494 e. The summed E-state index contributed by atoms with van der Waals surface area (Å²) < 4.78 is 33.1. The number of rotatable bonds is 21. The number of ether oxygens (including phenoxy) is 6. The second-order valence-electron chi connectivity index (χ2n) is 12.5. The summed E-state index contributed by atoms with van der Waals surface area (Å²) in [5, 5.41) is 0. The monoisotopic (exact) mass is 724 g/mol. The van der Waals surface area contributed by atoms with E-state index in [-0.39, 0.29) is 29.2 Å². The van der Waals surface area contributed by atoms with Gasteiger partial charge in [-0.25, -0.2) is 19.2 Å². The molecular formula is C43H48O10. The summed E-state index contributed by atoms with van der Waals surface area (Å²) in [5.41, 5.74) is 1.20. The standard InChI is InChI=1S/C43H48O10/c1-4-6-8-10-28-48-36-20-12-34(13-21-36)42(46)52-38-24-16-32(17-25-38)40(44)50-30-31(3)51-41(45)33-18-26-39(27-19-33)53-43(47)35-14-22-37(23-15-35)49-29-11-9-7-5-2/h12-27,31H,4-11,28-30H2,1-3H3. The Hall–Kier alpha value is -5.64. The summed E-state index contributed by atoms with van der Waals surface area (Å²) in [4.78, 5) is 50.5. The lowest BCUT2D eigenvalue weighted by Gasteiger charge is -2.14. The molecule has 0 bridgehead atoms. The first-order valence-corrected chi connectivity index (χ1v) is 18.2. The van der Waals surface area contributed by atoms with Crippen molar-refractivity contribution in [2.45, 2.75) is 78.2 Å². The number of unbranched alkanes of at least 4 members (excludes halogenated alkanes) is 6. The molecule has 0 radical (unpaired) electrons. The average Bonchev–Trinajstić information content (AvgIpc) is 3.17. The van der Waals surface area contributed by atoms with E-state index >= 15 is 0 Å². The highest BCUT2D eigenvalue weighted by Crippen LogP contribution is 2.20. The van der Waals surface area contributed by atoms with Crippen molar-refractivity contribution in [3.05, 3.63) is 119 Å². The molecule has 280 valence electrons. The Kier molecular flexibility index (Phi) is 16.4. The molecule has 0 N–H and O–H groups in total. The molecule has 0 aromatic heterocycles. The van der Waals surface area contributed by atoms with Crippen LogP contribution < -0.4 is 18.9 Å². The number of esters is 4. The topological polar surface area (TPSA) is 124 Å². The van der Waals surface area contributed by atoms with Crippen LogP contribution in [-0.2, 0) is 9.47 Å². The number of hydrogen-bond donors (Lipinski definition) is 0. The van der Waals surface area contributed by atoms with E-state index in [0.29, 0.717) is 35.8 Å². The van der Waals surface area contributed by atoms with E-state index in [9.17, 15) is 19.2 Å². The van der Waals surface area contributed by atoms with Gasteiger partial charge in [0.05, 0.1) is 35.5 Å². The van der Waals surface area contributed by atoms with Gasteiger partial charge in [0.1, 0.15) is 35.7 Å². The van der Waals surface area contributed by atoms with Crippen LogP contribution in [0, 0.1) is 0 Å². The molecule has 0 aliphatic rings. The first-order valence-electron chi connectivity index (χ1n) is 18.2. The summed E-state index contributed by atoms with van der Waals surface area (Å²) in [6, 6.07) is 25.4. The van der Waals surface area contributed by atoms with Crippen molar-refractivity contribution in [2.75, 3.05) is 19.8 Å². The highest BCUT2D eigenvalue weighted by atomic mass is 16.6. The molecular weight excluding hydrogens is 676 g/mol. The zero-order valence-electron chi connectivity index (χ0n) is 30.7.